The molecule has 0 saturated carbocycles. The minimum absolute atomic E-state index is 0.0918. The van der Waals surface area contributed by atoms with Crippen LogP contribution >= 0.6 is 0 Å². The number of fused-ring (bicyclic) bond motifs is 1. The third-order valence-electron chi connectivity index (χ3n) is 3.09. The average Bonchev–Trinajstić information content (AvgIpc) is 2.62. The maximum Gasteiger partial charge on any atom is 0.299 e. The van der Waals surface area contributed by atoms with Crippen LogP contribution in [0.2, 0.25) is 0 Å². The van der Waals surface area contributed by atoms with E-state index in [1.807, 2.05) is 19.9 Å². The van der Waals surface area contributed by atoms with Crippen molar-refractivity contribution < 1.29 is 14.4 Å². The summed E-state index contributed by atoms with van der Waals surface area (Å²) in [7, 11) is 0. The van der Waals surface area contributed by atoms with Crippen LogP contribution in [0.5, 0.6) is 0 Å². The van der Waals surface area contributed by atoms with Crippen LogP contribution in [0.3, 0.4) is 0 Å². The lowest BCUT2D eigenvalue weighted by Gasteiger charge is -2.18. The molecule has 0 spiro atoms. The maximum absolute atomic E-state index is 12.0. The number of hydrogen-bond acceptors (Lipinski definition) is 3. The van der Waals surface area contributed by atoms with Gasteiger partial charge in [0.1, 0.15) is 6.54 Å². The van der Waals surface area contributed by atoms with Gasteiger partial charge in [0.25, 0.3) is 11.7 Å². The summed E-state index contributed by atoms with van der Waals surface area (Å²) in [5.41, 5.74) is 2.57. The van der Waals surface area contributed by atoms with Gasteiger partial charge in [0, 0.05) is 0 Å². The number of Topliss-reactive ketones (excluding diaryl/α,β-unsaturated/α-hetero) is 1. The first-order chi connectivity index (χ1) is 9.45. The van der Waals surface area contributed by atoms with Gasteiger partial charge in [0.15, 0.2) is 0 Å². The molecule has 102 valence electrons. The van der Waals surface area contributed by atoms with Crippen molar-refractivity contribution in [3.63, 3.8) is 0 Å². The fraction of sp³-hybridized carbons (Fsp3) is 0.267. The van der Waals surface area contributed by atoms with Crippen molar-refractivity contribution in [3.8, 4) is 12.3 Å². The Labute approximate surface area is 117 Å². The van der Waals surface area contributed by atoms with Gasteiger partial charge in [0.05, 0.1) is 17.8 Å². The SMILES string of the molecule is C#CCNC(=O)CN1C(=O)C(=O)c2cc(C)cc(C)c21. The van der Waals surface area contributed by atoms with Crippen LogP contribution < -0.4 is 10.2 Å². The number of terminal acetylenes is 1. The molecular weight excluding hydrogens is 256 g/mol. The highest BCUT2D eigenvalue weighted by Crippen LogP contribution is 2.33. The molecule has 5 nitrogen and oxygen atoms in total. The predicted molar refractivity (Wildman–Crippen MR) is 74.4 cm³/mol. The highest BCUT2D eigenvalue weighted by Gasteiger charge is 2.37. The Morgan fingerprint density at radius 1 is 1.35 bits per heavy atom. The summed E-state index contributed by atoms with van der Waals surface area (Å²) in [6, 6.07) is 3.54. The molecule has 0 radical (unpaired) electrons. The lowest BCUT2D eigenvalue weighted by Crippen LogP contribution is -2.40. The standard InChI is InChI=1S/C15H14N2O3/c1-4-5-16-12(18)8-17-13-10(3)6-9(2)7-11(13)14(19)15(17)20/h1,6-7H,5,8H2,2-3H3,(H,16,18). The average molecular weight is 270 g/mol. The number of nitrogens with one attached hydrogen (secondary N) is 1. The van der Waals surface area contributed by atoms with Crippen LogP contribution in [0.1, 0.15) is 21.5 Å². The smallest absolute Gasteiger partial charge is 0.299 e. The van der Waals surface area contributed by atoms with Crippen molar-refractivity contribution in [2.24, 2.45) is 0 Å². The molecule has 1 N–H and O–H groups in total. The molecule has 1 aromatic carbocycles. The minimum Gasteiger partial charge on any atom is -0.344 e. The summed E-state index contributed by atoms with van der Waals surface area (Å²) in [6.07, 6.45) is 5.05. The van der Waals surface area contributed by atoms with Gasteiger partial charge in [-0.2, -0.15) is 0 Å². The van der Waals surface area contributed by atoms with E-state index in [1.54, 1.807) is 6.07 Å². The Balaban J connectivity index is 2.34. The fourth-order valence-corrected chi connectivity index (χ4v) is 2.33. The topological polar surface area (TPSA) is 66.5 Å². The van der Waals surface area contributed by atoms with E-state index in [1.165, 1.54) is 4.90 Å². The zero-order valence-electron chi connectivity index (χ0n) is 11.3. The second-order valence-corrected chi connectivity index (χ2v) is 4.68. The summed E-state index contributed by atoms with van der Waals surface area (Å²) in [6.45, 7) is 3.55. The summed E-state index contributed by atoms with van der Waals surface area (Å²) in [5, 5.41) is 2.48. The van der Waals surface area contributed by atoms with Gasteiger partial charge in [-0.25, -0.2) is 0 Å². The maximum atomic E-state index is 12.0. The zero-order valence-corrected chi connectivity index (χ0v) is 11.3. The van der Waals surface area contributed by atoms with Crippen LogP contribution in [-0.4, -0.2) is 30.7 Å². The monoisotopic (exact) mass is 270 g/mol. The van der Waals surface area contributed by atoms with Gasteiger partial charge in [-0.15, -0.1) is 6.42 Å². The molecule has 0 fully saturated rings. The minimum atomic E-state index is -0.676. The highest BCUT2D eigenvalue weighted by molar-refractivity contribution is 6.52. The van der Waals surface area contributed by atoms with Crippen molar-refractivity contribution in [2.45, 2.75) is 13.8 Å². The number of benzene rings is 1. The lowest BCUT2D eigenvalue weighted by molar-refractivity contribution is -0.121. The first kappa shape index (κ1) is 13.8. The first-order valence-corrected chi connectivity index (χ1v) is 6.13. The quantitative estimate of drug-likeness (QED) is 0.645. The summed E-state index contributed by atoms with van der Waals surface area (Å²) >= 11 is 0. The lowest BCUT2D eigenvalue weighted by atomic mass is 10.0. The molecule has 1 aliphatic heterocycles. The first-order valence-electron chi connectivity index (χ1n) is 6.13. The molecule has 0 bridgehead atoms. The molecular formula is C15H14N2O3. The van der Waals surface area contributed by atoms with Crippen LogP contribution in [-0.2, 0) is 9.59 Å². The van der Waals surface area contributed by atoms with Crippen molar-refractivity contribution >= 4 is 23.3 Å². The normalized spacial score (nSPS) is 13.2. The molecule has 0 atom stereocenters. The van der Waals surface area contributed by atoms with Crippen molar-refractivity contribution in [2.75, 3.05) is 18.0 Å². The third kappa shape index (κ3) is 2.28. The molecule has 0 unspecified atom stereocenters. The third-order valence-corrected chi connectivity index (χ3v) is 3.09. The summed E-state index contributed by atoms with van der Waals surface area (Å²) in [5.74, 6) is 0.638. The molecule has 0 saturated heterocycles. The number of aryl methyl sites for hydroxylation is 2. The van der Waals surface area contributed by atoms with E-state index in [0.717, 1.165) is 11.1 Å². The Morgan fingerprint density at radius 3 is 2.70 bits per heavy atom. The number of carbonyl (C=O) groups is 3. The zero-order chi connectivity index (χ0) is 14.9. The van der Waals surface area contributed by atoms with E-state index in [4.69, 9.17) is 6.42 Å². The van der Waals surface area contributed by atoms with Crippen molar-refractivity contribution in [1.29, 1.82) is 0 Å². The Morgan fingerprint density at radius 2 is 2.05 bits per heavy atom. The second kappa shape index (κ2) is 5.17. The predicted octanol–water partition coefficient (Wildman–Crippen LogP) is 0.582. The van der Waals surface area contributed by atoms with Gasteiger partial charge in [-0.05, 0) is 31.0 Å². The van der Waals surface area contributed by atoms with Crippen molar-refractivity contribution in [3.05, 3.63) is 28.8 Å². The van der Waals surface area contributed by atoms with Crippen LogP contribution in [0.4, 0.5) is 5.69 Å². The van der Waals surface area contributed by atoms with Gasteiger partial charge in [-0.3, -0.25) is 19.3 Å². The number of carbonyl (C=O) groups excluding carboxylic acids is 3. The Hall–Kier alpha value is -2.61. The molecule has 1 aromatic rings. The van der Waals surface area contributed by atoms with E-state index in [-0.39, 0.29) is 13.1 Å². The molecule has 0 aliphatic carbocycles. The molecule has 1 heterocycles. The van der Waals surface area contributed by atoms with E-state index < -0.39 is 17.6 Å². The largest absolute Gasteiger partial charge is 0.344 e. The summed E-state index contributed by atoms with van der Waals surface area (Å²) < 4.78 is 0. The molecule has 20 heavy (non-hydrogen) atoms. The van der Waals surface area contributed by atoms with Crippen LogP contribution in [0.25, 0.3) is 0 Å². The molecule has 2 amide bonds. The summed E-state index contributed by atoms with van der Waals surface area (Å²) in [4.78, 5) is 36.8. The van der Waals surface area contributed by atoms with E-state index in [2.05, 4.69) is 11.2 Å². The van der Waals surface area contributed by atoms with E-state index in [0.29, 0.717) is 11.3 Å². The van der Waals surface area contributed by atoms with Crippen molar-refractivity contribution in [1.82, 2.24) is 5.32 Å². The van der Waals surface area contributed by atoms with Crippen LogP contribution in [0, 0.1) is 26.2 Å². The molecule has 1 aliphatic rings. The van der Waals surface area contributed by atoms with Gasteiger partial charge in [-0.1, -0.05) is 12.0 Å². The van der Waals surface area contributed by atoms with E-state index in [9.17, 15) is 14.4 Å². The van der Waals surface area contributed by atoms with Gasteiger partial charge >= 0.3 is 0 Å². The molecule has 5 heteroatoms. The highest BCUT2D eigenvalue weighted by atomic mass is 16.2. The Kier molecular flexibility index (Phi) is 3.57. The van der Waals surface area contributed by atoms with E-state index >= 15 is 0 Å². The Bertz CT molecular complexity index is 656. The number of nitrogens with zero attached hydrogens (tertiary/aromatic N) is 1. The van der Waals surface area contributed by atoms with Gasteiger partial charge < -0.3 is 5.32 Å². The number of hydrogen-bond donors (Lipinski definition) is 1. The molecule has 0 aromatic heterocycles. The second-order valence-electron chi connectivity index (χ2n) is 4.68. The van der Waals surface area contributed by atoms with Crippen LogP contribution in [0.15, 0.2) is 12.1 Å². The molecule has 2 rings (SSSR count). The van der Waals surface area contributed by atoms with Gasteiger partial charge in [0.2, 0.25) is 5.91 Å². The number of ketones is 1. The number of amides is 2. The fourth-order valence-electron chi connectivity index (χ4n) is 2.33. The number of anilines is 1. The number of rotatable bonds is 3.